The van der Waals surface area contributed by atoms with Crippen LogP contribution in [-0.2, 0) is 6.18 Å². The Bertz CT molecular complexity index is 400. The molecule has 0 aromatic heterocycles. The highest BCUT2D eigenvalue weighted by Crippen LogP contribution is 2.31. The van der Waals surface area contributed by atoms with Gasteiger partial charge in [-0.1, -0.05) is 6.07 Å². The van der Waals surface area contributed by atoms with E-state index in [-0.39, 0.29) is 17.9 Å². The summed E-state index contributed by atoms with van der Waals surface area (Å²) >= 11 is 5.30. The van der Waals surface area contributed by atoms with Gasteiger partial charge in [-0.15, -0.1) is 11.6 Å². The fraction of sp³-hybridized carbons (Fsp3) is 0.300. The molecular weight excluding hydrogens is 248 g/mol. The first-order valence-corrected chi connectivity index (χ1v) is 4.85. The normalized spacial score (nSPS) is 11.6. The molecule has 0 bridgehead atoms. The minimum absolute atomic E-state index is 0.0354. The summed E-state index contributed by atoms with van der Waals surface area (Å²) in [7, 11) is 0. The maximum absolute atomic E-state index is 13.0. The Hall–Kier alpha value is -1.10. The number of Topliss-reactive ketones (excluding diaryl/α,β-unsaturated/α-hetero) is 1. The molecule has 1 aromatic carbocycles. The van der Waals surface area contributed by atoms with Crippen LogP contribution in [0.4, 0.5) is 17.6 Å². The van der Waals surface area contributed by atoms with Crippen LogP contribution in [-0.4, -0.2) is 11.7 Å². The molecule has 0 amide bonds. The lowest BCUT2D eigenvalue weighted by Crippen LogP contribution is -2.09. The molecule has 0 heterocycles. The van der Waals surface area contributed by atoms with Gasteiger partial charge in [-0.3, -0.25) is 4.79 Å². The molecule has 0 saturated carbocycles. The first-order chi connectivity index (χ1) is 7.36. The number of hydrogen-bond acceptors (Lipinski definition) is 1. The van der Waals surface area contributed by atoms with E-state index in [9.17, 15) is 22.4 Å². The van der Waals surface area contributed by atoms with Crippen LogP contribution in [0.5, 0.6) is 0 Å². The Balaban J connectivity index is 3.05. The number of carbonyl (C=O) groups excluding carboxylic acids is 1. The van der Waals surface area contributed by atoms with E-state index in [0.717, 1.165) is 6.07 Å². The monoisotopic (exact) mass is 254 g/mol. The van der Waals surface area contributed by atoms with Crippen molar-refractivity contribution in [2.45, 2.75) is 12.6 Å². The highest BCUT2D eigenvalue weighted by atomic mass is 35.5. The zero-order valence-corrected chi connectivity index (χ0v) is 8.70. The first kappa shape index (κ1) is 13.0. The van der Waals surface area contributed by atoms with Crippen LogP contribution in [0.25, 0.3) is 0 Å². The predicted octanol–water partition coefficient (Wildman–Crippen LogP) is 3.66. The summed E-state index contributed by atoms with van der Waals surface area (Å²) < 4.78 is 49.6. The zero-order valence-electron chi connectivity index (χ0n) is 7.94. The summed E-state index contributed by atoms with van der Waals surface area (Å²) in [6, 6.07) is 2.08. The summed E-state index contributed by atoms with van der Waals surface area (Å²) in [4.78, 5) is 11.2. The van der Waals surface area contributed by atoms with Crippen molar-refractivity contribution in [3.05, 3.63) is 35.1 Å². The third-order valence-corrected chi connectivity index (χ3v) is 2.11. The van der Waals surface area contributed by atoms with E-state index >= 15 is 0 Å². The topological polar surface area (TPSA) is 17.1 Å². The molecule has 1 nitrogen and oxygen atoms in total. The van der Waals surface area contributed by atoms with E-state index in [4.69, 9.17) is 11.6 Å². The molecular formula is C10H7ClF4O. The Labute approximate surface area is 94.0 Å². The molecule has 6 heteroatoms. The Kier molecular flexibility index (Phi) is 3.91. The van der Waals surface area contributed by atoms with Crippen LogP contribution in [0.15, 0.2) is 18.2 Å². The molecule has 0 fully saturated rings. The molecule has 1 aromatic rings. The average Bonchev–Trinajstić information content (AvgIpc) is 2.16. The van der Waals surface area contributed by atoms with Gasteiger partial charge in [0.1, 0.15) is 5.82 Å². The smallest absolute Gasteiger partial charge is 0.294 e. The van der Waals surface area contributed by atoms with Crippen molar-refractivity contribution < 1.29 is 22.4 Å². The van der Waals surface area contributed by atoms with Crippen molar-refractivity contribution in [3.63, 3.8) is 0 Å². The molecule has 0 aliphatic carbocycles. The van der Waals surface area contributed by atoms with Gasteiger partial charge in [0.2, 0.25) is 0 Å². The maximum Gasteiger partial charge on any atom is 0.419 e. The number of benzene rings is 1. The number of hydrogen-bond donors (Lipinski definition) is 0. The first-order valence-electron chi connectivity index (χ1n) is 4.32. The fourth-order valence-electron chi connectivity index (χ4n) is 1.15. The lowest BCUT2D eigenvalue weighted by molar-refractivity contribution is -0.140. The van der Waals surface area contributed by atoms with Gasteiger partial charge >= 0.3 is 6.18 Å². The van der Waals surface area contributed by atoms with Crippen molar-refractivity contribution in [1.29, 1.82) is 0 Å². The molecule has 0 unspecified atom stereocenters. The molecule has 88 valence electrons. The summed E-state index contributed by atoms with van der Waals surface area (Å²) in [5.74, 6) is -1.89. The van der Waals surface area contributed by atoms with Crippen LogP contribution in [0, 0.1) is 5.82 Å². The number of rotatable bonds is 3. The van der Waals surface area contributed by atoms with E-state index in [1.54, 1.807) is 0 Å². The quantitative estimate of drug-likeness (QED) is 0.457. The summed E-state index contributed by atoms with van der Waals surface area (Å²) in [5, 5.41) is 0. The Morgan fingerprint density at radius 3 is 2.38 bits per heavy atom. The molecule has 0 N–H and O–H groups in total. The summed E-state index contributed by atoms with van der Waals surface area (Å²) in [5.41, 5.74) is -1.49. The van der Waals surface area contributed by atoms with E-state index in [1.807, 2.05) is 0 Å². The molecule has 0 saturated heterocycles. The van der Waals surface area contributed by atoms with E-state index < -0.39 is 23.3 Å². The summed E-state index contributed by atoms with van der Waals surface area (Å²) in [6.45, 7) is 0. The van der Waals surface area contributed by atoms with E-state index in [2.05, 4.69) is 0 Å². The Morgan fingerprint density at radius 1 is 1.31 bits per heavy atom. The standard InChI is InChI=1S/C10H7ClF4O/c11-4-3-9(16)6-1-2-7(8(12)5-6)10(13,14)15/h1-2,5H,3-4H2. The zero-order chi connectivity index (χ0) is 12.3. The second-order valence-electron chi connectivity index (χ2n) is 3.05. The van der Waals surface area contributed by atoms with Gasteiger partial charge in [-0.25, -0.2) is 4.39 Å². The third kappa shape index (κ3) is 2.95. The number of carbonyl (C=O) groups is 1. The lowest BCUT2D eigenvalue weighted by atomic mass is 10.1. The lowest BCUT2D eigenvalue weighted by Gasteiger charge is -2.08. The van der Waals surface area contributed by atoms with Gasteiger partial charge in [0.15, 0.2) is 5.78 Å². The van der Waals surface area contributed by atoms with Gasteiger partial charge in [0, 0.05) is 17.9 Å². The molecule has 0 spiro atoms. The molecule has 1 rings (SSSR count). The van der Waals surface area contributed by atoms with Crippen LogP contribution in [0.3, 0.4) is 0 Å². The van der Waals surface area contributed by atoms with Crippen molar-refractivity contribution in [1.82, 2.24) is 0 Å². The number of halogens is 5. The third-order valence-electron chi connectivity index (χ3n) is 1.92. The van der Waals surface area contributed by atoms with E-state index in [0.29, 0.717) is 12.1 Å². The van der Waals surface area contributed by atoms with Crippen molar-refractivity contribution >= 4 is 17.4 Å². The minimum Gasteiger partial charge on any atom is -0.294 e. The van der Waals surface area contributed by atoms with Gasteiger partial charge in [-0.05, 0) is 12.1 Å². The SMILES string of the molecule is O=C(CCCl)c1ccc(C(F)(F)F)c(F)c1. The van der Waals surface area contributed by atoms with Gasteiger partial charge in [0.05, 0.1) is 5.56 Å². The second kappa shape index (κ2) is 4.82. The largest absolute Gasteiger partial charge is 0.419 e. The fourth-order valence-corrected chi connectivity index (χ4v) is 1.32. The van der Waals surface area contributed by atoms with Gasteiger partial charge in [0.25, 0.3) is 0 Å². The molecule has 0 radical (unpaired) electrons. The van der Waals surface area contributed by atoms with Gasteiger partial charge < -0.3 is 0 Å². The molecule has 0 aliphatic heterocycles. The maximum atomic E-state index is 13.0. The minimum atomic E-state index is -4.75. The average molecular weight is 255 g/mol. The molecule has 16 heavy (non-hydrogen) atoms. The second-order valence-corrected chi connectivity index (χ2v) is 3.43. The van der Waals surface area contributed by atoms with Crippen LogP contribution in [0.1, 0.15) is 22.3 Å². The van der Waals surface area contributed by atoms with Crippen LogP contribution < -0.4 is 0 Å². The number of alkyl halides is 4. The van der Waals surface area contributed by atoms with Gasteiger partial charge in [-0.2, -0.15) is 13.2 Å². The molecule has 0 atom stereocenters. The van der Waals surface area contributed by atoms with Crippen molar-refractivity contribution in [2.75, 3.05) is 5.88 Å². The highest BCUT2D eigenvalue weighted by Gasteiger charge is 2.34. The van der Waals surface area contributed by atoms with Crippen molar-refractivity contribution in [2.24, 2.45) is 0 Å². The van der Waals surface area contributed by atoms with E-state index in [1.165, 1.54) is 0 Å². The molecule has 0 aliphatic rings. The number of ketones is 1. The Morgan fingerprint density at radius 2 is 1.94 bits per heavy atom. The van der Waals surface area contributed by atoms with Crippen LogP contribution >= 0.6 is 11.6 Å². The predicted molar refractivity (Wildman–Crippen MR) is 51.1 cm³/mol. The highest BCUT2D eigenvalue weighted by molar-refractivity contribution is 6.19. The van der Waals surface area contributed by atoms with Crippen molar-refractivity contribution in [3.8, 4) is 0 Å². The van der Waals surface area contributed by atoms with Crippen LogP contribution in [0.2, 0.25) is 0 Å². The summed E-state index contributed by atoms with van der Waals surface area (Å²) in [6.07, 6.45) is -4.79.